The molecular formula is C13H16F3NO2. The molecule has 19 heavy (non-hydrogen) atoms. The van der Waals surface area contributed by atoms with Gasteiger partial charge in [0.25, 0.3) is 0 Å². The first-order valence-electron chi connectivity index (χ1n) is 5.93. The molecule has 0 bridgehead atoms. The third-order valence-electron chi connectivity index (χ3n) is 2.40. The summed E-state index contributed by atoms with van der Waals surface area (Å²) in [7, 11) is 0. The fourth-order valence-electron chi connectivity index (χ4n) is 1.57. The van der Waals surface area contributed by atoms with Gasteiger partial charge < -0.3 is 4.74 Å². The summed E-state index contributed by atoms with van der Waals surface area (Å²) in [5, 5.41) is 2.19. The van der Waals surface area contributed by atoms with E-state index < -0.39 is 24.7 Å². The molecule has 0 aliphatic rings. The van der Waals surface area contributed by atoms with Crippen molar-refractivity contribution in [1.29, 1.82) is 0 Å². The van der Waals surface area contributed by atoms with Gasteiger partial charge in [-0.15, -0.1) is 0 Å². The molecule has 0 saturated carbocycles. The molecule has 106 valence electrons. The van der Waals surface area contributed by atoms with Crippen molar-refractivity contribution >= 4 is 5.97 Å². The highest BCUT2D eigenvalue weighted by Gasteiger charge is 2.30. The third kappa shape index (κ3) is 6.24. The molecule has 0 spiro atoms. The summed E-state index contributed by atoms with van der Waals surface area (Å²) in [6.45, 7) is 0.530. The lowest BCUT2D eigenvalue weighted by Crippen LogP contribution is -2.44. The van der Waals surface area contributed by atoms with Crippen molar-refractivity contribution in [1.82, 2.24) is 5.32 Å². The van der Waals surface area contributed by atoms with E-state index in [0.29, 0.717) is 0 Å². The second-order valence-corrected chi connectivity index (χ2v) is 3.99. The zero-order valence-electron chi connectivity index (χ0n) is 10.5. The van der Waals surface area contributed by atoms with Gasteiger partial charge in [0, 0.05) is 0 Å². The second-order valence-electron chi connectivity index (χ2n) is 3.99. The number of hydrogen-bond acceptors (Lipinski definition) is 3. The average Bonchev–Trinajstić information content (AvgIpc) is 2.35. The smallest absolute Gasteiger partial charge is 0.401 e. The average molecular weight is 275 g/mol. The number of ether oxygens (including phenoxy) is 1. The molecule has 6 heteroatoms. The van der Waals surface area contributed by atoms with E-state index in [1.54, 1.807) is 37.3 Å². The van der Waals surface area contributed by atoms with E-state index in [-0.39, 0.29) is 13.0 Å². The standard InChI is InChI=1S/C13H16F3NO2/c1-2-19-12(18)11(17-9-13(14,15)16)8-10-6-4-3-5-7-10/h3-7,11,17H,2,8-9H2,1H3/t11-/m0/s1. The molecule has 1 aromatic rings. The van der Waals surface area contributed by atoms with E-state index in [1.165, 1.54) is 0 Å². The predicted molar refractivity (Wildman–Crippen MR) is 64.6 cm³/mol. The molecule has 0 unspecified atom stereocenters. The topological polar surface area (TPSA) is 38.3 Å². The third-order valence-corrected chi connectivity index (χ3v) is 2.40. The van der Waals surface area contributed by atoms with Crippen LogP contribution in [0.25, 0.3) is 0 Å². The maximum Gasteiger partial charge on any atom is 0.401 e. The lowest BCUT2D eigenvalue weighted by atomic mass is 10.1. The van der Waals surface area contributed by atoms with Gasteiger partial charge in [0.05, 0.1) is 13.2 Å². The van der Waals surface area contributed by atoms with Crippen molar-refractivity contribution in [2.45, 2.75) is 25.6 Å². The number of carbonyl (C=O) groups excluding carboxylic acids is 1. The molecule has 1 rings (SSSR count). The Morgan fingerprint density at radius 2 is 1.95 bits per heavy atom. The highest BCUT2D eigenvalue weighted by Crippen LogP contribution is 2.13. The zero-order valence-corrected chi connectivity index (χ0v) is 10.5. The molecule has 0 amide bonds. The van der Waals surface area contributed by atoms with Gasteiger partial charge in [-0.1, -0.05) is 30.3 Å². The normalized spacial score (nSPS) is 13.1. The van der Waals surface area contributed by atoms with Gasteiger partial charge in [0.2, 0.25) is 0 Å². The highest BCUT2D eigenvalue weighted by atomic mass is 19.4. The lowest BCUT2D eigenvalue weighted by molar-refractivity contribution is -0.148. The Morgan fingerprint density at radius 1 is 1.32 bits per heavy atom. The highest BCUT2D eigenvalue weighted by molar-refractivity contribution is 5.76. The van der Waals surface area contributed by atoms with Gasteiger partial charge in [-0.25, -0.2) is 0 Å². The van der Waals surface area contributed by atoms with E-state index in [9.17, 15) is 18.0 Å². The van der Waals surface area contributed by atoms with Gasteiger partial charge in [0.1, 0.15) is 6.04 Å². The predicted octanol–water partition coefficient (Wildman–Crippen LogP) is 2.31. The van der Waals surface area contributed by atoms with Crippen molar-refractivity contribution in [2.24, 2.45) is 0 Å². The molecule has 3 nitrogen and oxygen atoms in total. The second kappa shape index (κ2) is 7.13. The molecule has 0 aliphatic carbocycles. The summed E-state index contributed by atoms with van der Waals surface area (Å²) in [6.07, 6.45) is -4.20. The van der Waals surface area contributed by atoms with Crippen LogP contribution >= 0.6 is 0 Å². The van der Waals surface area contributed by atoms with Crippen molar-refractivity contribution < 1.29 is 22.7 Å². The first kappa shape index (κ1) is 15.5. The number of halogens is 3. The van der Waals surface area contributed by atoms with Crippen LogP contribution in [0.2, 0.25) is 0 Å². The number of hydrogen-bond donors (Lipinski definition) is 1. The summed E-state index contributed by atoms with van der Waals surface area (Å²) >= 11 is 0. The fraction of sp³-hybridized carbons (Fsp3) is 0.462. The maximum atomic E-state index is 12.2. The molecule has 0 saturated heterocycles. The molecular weight excluding hydrogens is 259 g/mol. The number of benzene rings is 1. The SMILES string of the molecule is CCOC(=O)[C@H](Cc1ccccc1)NCC(F)(F)F. The molecule has 1 aromatic carbocycles. The Morgan fingerprint density at radius 3 is 2.47 bits per heavy atom. The minimum atomic E-state index is -4.36. The first-order valence-corrected chi connectivity index (χ1v) is 5.93. The minimum absolute atomic E-state index is 0.137. The monoisotopic (exact) mass is 275 g/mol. The lowest BCUT2D eigenvalue weighted by Gasteiger charge is -2.18. The van der Waals surface area contributed by atoms with E-state index in [1.807, 2.05) is 0 Å². The van der Waals surface area contributed by atoms with Crippen LogP contribution in [0, 0.1) is 0 Å². The molecule has 0 heterocycles. The van der Waals surface area contributed by atoms with E-state index in [2.05, 4.69) is 5.32 Å². The van der Waals surface area contributed by atoms with Gasteiger partial charge in [-0.2, -0.15) is 13.2 Å². The number of carbonyl (C=O) groups is 1. The Kier molecular flexibility index (Phi) is 5.82. The van der Waals surface area contributed by atoms with Crippen molar-refractivity contribution in [3.05, 3.63) is 35.9 Å². The summed E-state index contributed by atoms with van der Waals surface area (Å²) in [5.41, 5.74) is 0.773. The van der Waals surface area contributed by atoms with Crippen LogP contribution in [0.3, 0.4) is 0 Å². The van der Waals surface area contributed by atoms with Gasteiger partial charge in [-0.3, -0.25) is 10.1 Å². The Hall–Kier alpha value is -1.56. The largest absolute Gasteiger partial charge is 0.465 e. The van der Waals surface area contributed by atoms with Crippen LogP contribution in [0.5, 0.6) is 0 Å². The quantitative estimate of drug-likeness (QED) is 0.810. The molecule has 0 aromatic heterocycles. The minimum Gasteiger partial charge on any atom is -0.465 e. The maximum absolute atomic E-state index is 12.2. The summed E-state index contributed by atoms with van der Waals surface area (Å²) in [6, 6.07) is 7.83. The zero-order chi connectivity index (χ0) is 14.3. The molecule has 0 fully saturated rings. The number of esters is 1. The van der Waals surface area contributed by atoms with Crippen LogP contribution in [-0.4, -0.2) is 31.3 Å². The summed E-state index contributed by atoms with van der Waals surface area (Å²) in [5.74, 6) is -0.671. The van der Waals surface area contributed by atoms with Crippen LogP contribution in [-0.2, 0) is 16.0 Å². The van der Waals surface area contributed by atoms with E-state index in [0.717, 1.165) is 5.56 Å². The van der Waals surface area contributed by atoms with Gasteiger partial charge in [-0.05, 0) is 18.9 Å². The fourth-order valence-corrected chi connectivity index (χ4v) is 1.57. The van der Waals surface area contributed by atoms with Crippen LogP contribution in [0.4, 0.5) is 13.2 Å². The van der Waals surface area contributed by atoms with Gasteiger partial charge in [0.15, 0.2) is 0 Å². The number of nitrogens with one attached hydrogen (secondary N) is 1. The molecule has 1 atom stereocenters. The van der Waals surface area contributed by atoms with Crippen LogP contribution < -0.4 is 5.32 Å². The van der Waals surface area contributed by atoms with E-state index in [4.69, 9.17) is 4.74 Å². The van der Waals surface area contributed by atoms with Crippen molar-refractivity contribution in [2.75, 3.05) is 13.2 Å². The van der Waals surface area contributed by atoms with E-state index >= 15 is 0 Å². The Bertz CT molecular complexity index is 393. The summed E-state index contributed by atoms with van der Waals surface area (Å²) in [4.78, 5) is 11.6. The molecule has 0 aliphatic heterocycles. The molecule has 0 radical (unpaired) electrons. The van der Waals surface area contributed by atoms with Crippen molar-refractivity contribution in [3.8, 4) is 0 Å². The number of rotatable bonds is 6. The molecule has 1 N–H and O–H groups in total. The van der Waals surface area contributed by atoms with Crippen LogP contribution in [0.1, 0.15) is 12.5 Å². The van der Waals surface area contributed by atoms with Crippen molar-refractivity contribution in [3.63, 3.8) is 0 Å². The van der Waals surface area contributed by atoms with Crippen LogP contribution in [0.15, 0.2) is 30.3 Å². The Labute approximate surface area is 109 Å². The van der Waals surface area contributed by atoms with Gasteiger partial charge >= 0.3 is 12.1 Å². The Balaban J connectivity index is 2.66. The number of alkyl halides is 3. The first-order chi connectivity index (χ1) is 8.92. The summed E-state index contributed by atoms with van der Waals surface area (Å²) < 4.78 is 41.3.